The normalized spacial score (nSPS) is 11.1. The molecule has 0 atom stereocenters. The van der Waals surface area contributed by atoms with E-state index in [0.717, 1.165) is 12.8 Å². The number of hydrogen-bond acceptors (Lipinski definition) is 0. The molecule has 0 saturated carbocycles. The zero-order valence-corrected chi connectivity index (χ0v) is 9.82. The molecule has 83 valence electrons. The Labute approximate surface area is 102 Å². The zero-order chi connectivity index (χ0) is 11.7. The van der Waals surface area contributed by atoms with Crippen molar-refractivity contribution in [1.29, 1.82) is 0 Å². The fraction of sp³-hybridized carbons (Fsp3) is 0.118. The van der Waals surface area contributed by atoms with Crippen LogP contribution in [-0.4, -0.2) is 0 Å². The smallest absolute Gasteiger partial charge is 0.0103 e. The average Bonchev–Trinajstić information content (AvgIpc) is 2.39. The summed E-state index contributed by atoms with van der Waals surface area (Å²) in [4.78, 5) is 0. The Bertz CT molecular complexity index is 665. The van der Waals surface area contributed by atoms with Crippen molar-refractivity contribution in [2.45, 2.75) is 12.8 Å². The van der Waals surface area contributed by atoms with Gasteiger partial charge < -0.3 is 0 Å². The lowest BCUT2D eigenvalue weighted by Crippen LogP contribution is -1.86. The van der Waals surface area contributed by atoms with Crippen LogP contribution in [0.1, 0.15) is 12.0 Å². The van der Waals surface area contributed by atoms with Gasteiger partial charge in [-0.15, -0.1) is 0 Å². The lowest BCUT2D eigenvalue weighted by atomic mass is 9.96. The van der Waals surface area contributed by atoms with Gasteiger partial charge in [0.05, 0.1) is 0 Å². The van der Waals surface area contributed by atoms with Crippen LogP contribution < -0.4 is 0 Å². The molecule has 0 nitrogen and oxygen atoms in total. The molecule has 0 spiro atoms. The number of benzene rings is 3. The van der Waals surface area contributed by atoms with Crippen LogP contribution in [0.25, 0.3) is 21.5 Å². The molecule has 0 heteroatoms. The number of rotatable bonds is 2. The van der Waals surface area contributed by atoms with E-state index < -0.39 is 0 Å². The van der Waals surface area contributed by atoms with Gasteiger partial charge in [0, 0.05) is 0 Å². The second-order valence-corrected chi connectivity index (χ2v) is 4.40. The van der Waals surface area contributed by atoms with E-state index in [1.54, 1.807) is 0 Å². The third kappa shape index (κ3) is 1.70. The molecule has 0 aromatic heterocycles. The molecule has 0 aliphatic rings. The first-order valence-electron chi connectivity index (χ1n) is 6.09. The first-order chi connectivity index (χ1) is 8.40. The first kappa shape index (κ1) is 10.3. The van der Waals surface area contributed by atoms with Gasteiger partial charge in [0.1, 0.15) is 0 Å². The van der Waals surface area contributed by atoms with Gasteiger partial charge in [0.2, 0.25) is 0 Å². The quantitative estimate of drug-likeness (QED) is 0.545. The highest BCUT2D eigenvalue weighted by Crippen LogP contribution is 2.27. The minimum absolute atomic E-state index is 0.950. The largest absolute Gasteiger partial charge is 0.0616 e. The number of hydrogen-bond donors (Lipinski definition) is 0. The van der Waals surface area contributed by atoms with Gasteiger partial charge in [0.25, 0.3) is 0 Å². The molecule has 0 aliphatic heterocycles. The lowest BCUT2D eigenvalue weighted by molar-refractivity contribution is 1.01. The maximum atomic E-state index is 3.95. The van der Waals surface area contributed by atoms with Crippen LogP contribution in [0.3, 0.4) is 0 Å². The molecule has 1 radical (unpaired) electrons. The Kier molecular flexibility index (Phi) is 2.56. The standard InChI is InChI=1S/C17H15/c1-2-6-13-8-5-10-17-15-9-4-3-7-14(15)11-12-16(13)17/h3-5,7-12H,1-2,6H2. The Balaban J connectivity index is 2.40. The molecule has 0 heterocycles. The summed E-state index contributed by atoms with van der Waals surface area (Å²) in [7, 11) is 0. The summed E-state index contributed by atoms with van der Waals surface area (Å²) in [6, 6.07) is 19.6. The summed E-state index contributed by atoms with van der Waals surface area (Å²) < 4.78 is 0. The van der Waals surface area contributed by atoms with Crippen molar-refractivity contribution in [3.63, 3.8) is 0 Å². The van der Waals surface area contributed by atoms with E-state index in [9.17, 15) is 0 Å². The summed E-state index contributed by atoms with van der Waals surface area (Å²) in [5.74, 6) is 0. The predicted molar refractivity (Wildman–Crippen MR) is 75.1 cm³/mol. The third-order valence-electron chi connectivity index (χ3n) is 3.32. The Morgan fingerprint density at radius 2 is 1.53 bits per heavy atom. The van der Waals surface area contributed by atoms with Crippen LogP contribution in [-0.2, 0) is 6.42 Å². The summed E-state index contributed by atoms with van der Waals surface area (Å²) in [6.07, 6.45) is 2.00. The zero-order valence-electron chi connectivity index (χ0n) is 9.82. The molecule has 0 fully saturated rings. The van der Waals surface area contributed by atoms with Crippen LogP contribution in [0.15, 0.2) is 54.6 Å². The number of fused-ring (bicyclic) bond motifs is 3. The van der Waals surface area contributed by atoms with Crippen molar-refractivity contribution in [2.75, 3.05) is 0 Å². The molecule has 0 aliphatic carbocycles. The first-order valence-corrected chi connectivity index (χ1v) is 6.09. The van der Waals surface area contributed by atoms with Crippen molar-refractivity contribution in [1.82, 2.24) is 0 Å². The fourth-order valence-electron chi connectivity index (χ4n) is 2.51. The van der Waals surface area contributed by atoms with E-state index in [-0.39, 0.29) is 0 Å². The molecule has 3 aromatic rings. The van der Waals surface area contributed by atoms with Gasteiger partial charge in [0.15, 0.2) is 0 Å². The van der Waals surface area contributed by atoms with Crippen molar-refractivity contribution in [2.24, 2.45) is 0 Å². The van der Waals surface area contributed by atoms with Gasteiger partial charge in [-0.3, -0.25) is 0 Å². The Morgan fingerprint density at radius 3 is 2.41 bits per heavy atom. The maximum absolute atomic E-state index is 3.95. The molecule has 17 heavy (non-hydrogen) atoms. The SMILES string of the molecule is [CH2]CCc1cccc2c1ccc1ccccc12. The summed E-state index contributed by atoms with van der Waals surface area (Å²) in [5, 5.41) is 5.38. The van der Waals surface area contributed by atoms with Crippen LogP contribution in [0.4, 0.5) is 0 Å². The Morgan fingerprint density at radius 1 is 0.706 bits per heavy atom. The van der Waals surface area contributed by atoms with E-state index >= 15 is 0 Å². The van der Waals surface area contributed by atoms with Crippen LogP contribution in [0.5, 0.6) is 0 Å². The minimum Gasteiger partial charge on any atom is -0.0616 e. The van der Waals surface area contributed by atoms with Gasteiger partial charge >= 0.3 is 0 Å². The van der Waals surface area contributed by atoms with Crippen molar-refractivity contribution >= 4 is 21.5 Å². The maximum Gasteiger partial charge on any atom is -0.0103 e. The highest BCUT2D eigenvalue weighted by Gasteiger charge is 2.03. The van der Waals surface area contributed by atoms with Crippen LogP contribution in [0, 0.1) is 6.92 Å². The van der Waals surface area contributed by atoms with Crippen molar-refractivity contribution in [3.05, 3.63) is 67.1 Å². The van der Waals surface area contributed by atoms with Crippen LogP contribution >= 0.6 is 0 Å². The van der Waals surface area contributed by atoms with E-state index in [2.05, 4.69) is 61.5 Å². The summed E-state index contributed by atoms with van der Waals surface area (Å²) >= 11 is 0. The second kappa shape index (κ2) is 4.21. The van der Waals surface area contributed by atoms with Gasteiger partial charge in [-0.25, -0.2) is 0 Å². The van der Waals surface area contributed by atoms with Gasteiger partial charge in [-0.05, 0) is 39.9 Å². The van der Waals surface area contributed by atoms with E-state index in [0.29, 0.717) is 0 Å². The second-order valence-electron chi connectivity index (χ2n) is 4.40. The predicted octanol–water partition coefficient (Wildman–Crippen LogP) is 4.76. The van der Waals surface area contributed by atoms with Crippen LogP contribution in [0.2, 0.25) is 0 Å². The molecular formula is C17H15. The summed E-state index contributed by atoms with van der Waals surface area (Å²) in [6.45, 7) is 3.95. The highest BCUT2D eigenvalue weighted by molar-refractivity contribution is 6.08. The molecule has 3 aromatic carbocycles. The molecule has 0 saturated heterocycles. The van der Waals surface area contributed by atoms with E-state index in [4.69, 9.17) is 0 Å². The van der Waals surface area contributed by atoms with E-state index in [1.807, 2.05) is 0 Å². The molecule has 0 N–H and O–H groups in total. The molecule has 0 unspecified atom stereocenters. The fourth-order valence-corrected chi connectivity index (χ4v) is 2.51. The van der Waals surface area contributed by atoms with Gasteiger partial charge in [-0.2, -0.15) is 0 Å². The third-order valence-corrected chi connectivity index (χ3v) is 3.32. The van der Waals surface area contributed by atoms with Gasteiger partial charge in [-0.1, -0.05) is 61.5 Å². The monoisotopic (exact) mass is 219 g/mol. The average molecular weight is 219 g/mol. The minimum atomic E-state index is 0.950. The molecule has 0 bridgehead atoms. The molecule has 0 amide bonds. The highest BCUT2D eigenvalue weighted by atomic mass is 14.1. The lowest BCUT2D eigenvalue weighted by Gasteiger charge is -2.08. The Hall–Kier alpha value is -1.82. The molecular weight excluding hydrogens is 204 g/mol. The number of aryl methyl sites for hydroxylation is 1. The van der Waals surface area contributed by atoms with E-state index in [1.165, 1.54) is 27.1 Å². The molecule has 3 rings (SSSR count). The van der Waals surface area contributed by atoms with Crippen molar-refractivity contribution < 1.29 is 0 Å². The topological polar surface area (TPSA) is 0 Å². The summed E-state index contributed by atoms with van der Waals surface area (Å²) in [5.41, 5.74) is 1.41. The van der Waals surface area contributed by atoms with Crippen molar-refractivity contribution in [3.8, 4) is 0 Å².